The van der Waals surface area contributed by atoms with Crippen molar-refractivity contribution in [2.45, 2.75) is 45.1 Å². The monoisotopic (exact) mass is 180 g/mol. The van der Waals surface area contributed by atoms with Crippen molar-refractivity contribution in [1.82, 2.24) is 0 Å². The van der Waals surface area contributed by atoms with Crippen LogP contribution in [0.5, 0.6) is 0 Å². The van der Waals surface area contributed by atoms with E-state index in [4.69, 9.17) is 0 Å². The Bertz CT molecular complexity index is 213. The maximum atomic E-state index is 10.3. The van der Waals surface area contributed by atoms with Crippen molar-refractivity contribution in [3.8, 4) is 0 Å². The SMILES string of the molecule is CC1CC(O)(CC2CC=CC2)C1C. The molecule has 0 aliphatic heterocycles. The van der Waals surface area contributed by atoms with Gasteiger partial charge in [0.15, 0.2) is 0 Å². The number of hydrogen-bond acceptors (Lipinski definition) is 1. The topological polar surface area (TPSA) is 20.2 Å². The molecule has 0 bridgehead atoms. The van der Waals surface area contributed by atoms with Crippen LogP contribution in [0, 0.1) is 17.8 Å². The highest BCUT2D eigenvalue weighted by atomic mass is 16.3. The molecule has 1 saturated carbocycles. The van der Waals surface area contributed by atoms with Gasteiger partial charge in [0.05, 0.1) is 5.60 Å². The van der Waals surface area contributed by atoms with Crippen LogP contribution in [-0.4, -0.2) is 10.7 Å². The van der Waals surface area contributed by atoms with Crippen molar-refractivity contribution in [2.75, 3.05) is 0 Å². The molecule has 1 fully saturated rings. The molecule has 1 N–H and O–H groups in total. The Balaban J connectivity index is 1.87. The van der Waals surface area contributed by atoms with E-state index < -0.39 is 0 Å². The number of rotatable bonds is 2. The number of allylic oxidation sites excluding steroid dienone is 2. The first-order valence-electron chi connectivity index (χ1n) is 5.49. The zero-order valence-corrected chi connectivity index (χ0v) is 8.66. The lowest BCUT2D eigenvalue weighted by Crippen LogP contribution is -2.52. The van der Waals surface area contributed by atoms with Crippen molar-refractivity contribution in [3.05, 3.63) is 12.2 Å². The molecule has 74 valence electrons. The highest BCUT2D eigenvalue weighted by molar-refractivity contribution is 5.03. The molecule has 2 aliphatic rings. The van der Waals surface area contributed by atoms with Crippen LogP contribution >= 0.6 is 0 Å². The smallest absolute Gasteiger partial charge is 0.0681 e. The lowest BCUT2D eigenvalue weighted by molar-refractivity contribution is -0.137. The summed E-state index contributed by atoms with van der Waals surface area (Å²) < 4.78 is 0. The predicted octanol–water partition coefficient (Wildman–Crippen LogP) is 2.75. The number of hydrogen-bond donors (Lipinski definition) is 1. The van der Waals surface area contributed by atoms with E-state index in [2.05, 4.69) is 26.0 Å². The lowest BCUT2D eigenvalue weighted by atomic mass is 9.60. The first kappa shape index (κ1) is 9.26. The standard InChI is InChI=1S/C12H20O/c1-9-7-12(13,10(9)2)8-11-5-3-4-6-11/h3-4,9-11,13H,5-8H2,1-2H3. The van der Waals surface area contributed by atoms with Gasteiger partial charge in [-0.3, -0.25) is 0 Å². The first-order valence-corrected chi connectivity index (χ1v) is 5.49. The normalized spacial score (nSPS) is 45.2. The van der Waals surface area contributed by atoms with Crippen molar-refractivity contribution in [1.29, 1.82) is 0 Å². The van der Waals surface area contributed by atoms with Crippen LogP contribution in [0.2, 0.25) is 0 Å². The van der Waals surface area contributed by atoms with Crippen molar-refractivity contribution in [2.24, 2.45) is 17.8 Å². The van der Waals surface area contributed by atoms with E-state index in [-0.39, 0.29) is 5.60 Å². The fraction of sp³-hybridized carbons (Fsp3) is 0.833. The third kappa shape index (κ3) is 1.54. The van der Waals surface area contributed by atoms with Gasteiger partial charge in [-0.1, -0.05) is 26.0 Å². The summed E-state index contributed by atoms with van der Waals surface area (Å²) >= 11 is 0. The molecule has 2 rings (SSSR count). The minimum Gasteiger partial charge on any atom is -0.390 e. The molecule has 3 atom stereocenters. The van der Waals surface area contributed by atoms with E-state index in [9.17, 15) is 5.11 Å². The van der Waals surface area contributed by atoms with E-state index in [0.717, 1.165) is 24.7 Å². The van der Waals surface area contributed by atoms with Crippen LogP contribution in [0.4, 0.5) is 0 Å². The second-order valence-electron chi connectivity index (χ2n) is 5.09. The summed E-state index contributed by atoms with van der Waals surface area (Å²) in [5.74, 6) is 1.95. The molecule has 0 heterocycles. The fourth-order valence-corrected chi connectivity index (χ4v) is 2.90. The summed E-state index contributed by atoms with van der Waals surface area (Å²) in [6.07, 6.45) is 8.91. The van der Waals surface area contributed by atoms with Gasteiger partial charge in [-0.15, -0.1) is 0 Å². The zero-order chi connectivity index (χ0) is 9.47. The molecular formula is C12H20O. The summed E-state index contributed by atoms with van der Waals surface area (Å²) in [5.41, 5.74) is -0.323. The molecule has 0 aromatic carbocycles. The Morgan fingerprint density at radius 3 is 2.38 bits per heavy atom. The highest BCUT2D eigenvalue weighted by Gasteiger charge is 2.48. The van der Waals surface area contributed by atoms with E-state index >= 15 is 0 Å². The van der Waals surface area contributed by atoms with Crippen LogP contribution in [0.25, 0.3) is 0 Å². The van der Waals surface area contributed by atoms with Gasteiger partial charge in [0, 0.05) is 0 Å². The molecule has 0 spiro atoms. The van der Waals surface area contributed by atoms with Gasteiger partial charge in [0.25, 0.3) is 0 Å². The van der Waals surface area contributed by atoms with E-state index in [1.54, 1.807) is 0 Å². The summed E-state index contributed by atoms with van der Waals surface area (Å²) in [6, 6.07) is 0. The van der Waals surface area contributed by atoms with Crippen molar-refractivity contribution < 1.29 is 5.11 Å². The van der Waals surface area contributed by atoms with Crippen LogP contribution in [0.1, 0.15) is 39.5 Å². The predicted molar refractivity (Wildman–Crippen MR) is 54.4 cm³/mol. The zero-order valence-electron chi connectivity index (χ0n) is 8.66. The van der Waals surface area contributed by atoms with E-state index in [0.29, 0.717) is 5.92 Å². The van der Waals surface area contributed by atoms with Gasteiger partial charge < -0.3 is 5.11 Å². The molecular weight excluding hydrogens is 160 g/mol. The third-order valence-corrected chi connectivity index (χ3v) is 4.12. The van der Waals surface area contributed by atoms with Gasteiger partial charge in [0.1, 0.15) is 0 Å². The Kier molecular flexibility index (Phi) is 2.23. The molecule has 0 aromatic rings. The molecule has 0 amide bonds. The Hall–Kier alpha value is -0.300. The second kappa shape index (κ2) is 3.13. The summed E-state index contributed by atoms with van der Waals surface area (Å²) in [7, 11) is 0. The van der Waals surface area contributed by atoms with E-state index in [1.807, 2.05) is 0 Å². The Labute approximate surface area is 80.8 Å². The molecule has 0 aromatic heterocycles. The summed E-state index contributed by atoms with van der Waals surface area (Å²) in [6.45, 7) is 4.43. The average molecular weight is 180 g/mol. The van der Waals surface area contributed by atoms with Gasteiger partial charge in [-0.05, 0) is 43.4 Å². The van der Waals surface area contributed by atoms with Crippen LogP contribution in [-0.2, 0) is 0 Å². The summed E-state index contributed by atoms with van der Waals surface area (Å²) in [5, 5.41) is 10.3. The molecule has 1 nitrogen and oxygen atoms in total. The van der Waals surface area contributed by atoms with Crippen LogP contribution in [0.15, 0.2) is 12.2 Å². The minimum absolute atomic E-state index is 0.323. The molecule has 0 radical (unpaired) electrons. The lowest BCUT2D eigenvalue weighted by Gasteiger charge is -2.50. The van der Waals surface area contributed by atoms with Crippen molar-refractivity contribution in [3.63, 3.8) is 0 Å². The molecule has 3 unspecified atom stereocenters. The van der Waals surface area contributed by atoms with Crippen LogP contribution < -0.4 is 0 Å². The molecule has 0 saturated heterocycles. The minimum atomic E-state index is -0.323. The maximum Gasteiger partial charge on any atom is 0.0681 e. The maximum absolute atomic E-state index is 10.3. The van der Waals surface area contributed by atoms with E-state index in [1.165, 1.54) is 12.8 Å². The molecule has 1 heteroatoms. The molecule has 2 aliphatic carbocycles. The van der Waals surface area contributed by atoms with Crippen molar-refractivity contribution >= 4 is 0 Å². The molecule has 13 heavy (non-hydrogen) atoms. The van der Waals surface area contributed by atoms with Gasteiger partial charge in [-0.2, -0.15) is 0 Å². The number of aliphatic hydroxyl groups is 1. The van der Waals surface area contributed by atoms with Crippen LogP contribution in [0.3, 0.4) is 0 Å². The second-order valence-corrected chi connectivity index (χ2v) is 5.09. The third-order valence-electron chi connectivity index (χ3n) is 4.12. The fourth-order valence-electron chi connectivity index (χ4n) is 2.90. The average Bonchev–Trinajstić information content (AvgIpc) is 2.56. The Morgan fingerprint density at radius 2 is 1.92 bits per heavy atom. The Morgan fingerprint density at radius 1 is 1.31 bits per heavy atom. The largest absolute Gasteiger partial charge is 0.390 e. The summed E-state index contributed by atoms with van der Waals surface area (Å²) in [4.78, 5) is 0. The first-order chi connectivity index (χ1) is 6.12. The van der Waals surface area contributed by atoms with Gasteiger partial charge >= 0.3 is 0 Å². The van der Waals surface area contributed by atoms with Gasteiger partial charge in [0.2, 0.25) is 0 Å². The van der Waals surface area contributed by atoms with Gasteiger partial charge in [-0.25, -0.2) is 0 Å². The quantitative estimate of drug-likeness (QED) is 0.648. The highest BCUT2D eigenvalue weighted by Crippen LogP contribution is 2.48.